The second-order valence-corrected chi connectivity index (χ2v) is 6.05. The highest BCUT2D eigenvalue weighted by atomic mass is 16.5. The molecule has 11 heteroatoms. The first-order chi connectivity index (χ1) is 13.6. The van der Waals surface area contributed by atoms with E-state index in [9.17, 15) is 4.79 Å². The van der Waals surface area contributed by atoms with Gasteiger partial charge in [-0.1, -0.05) is 5.16 Å². The summed E-state index contributed by atoms with van der Waals surface area (Å²) in [5, 5.41) is 17.2. The van der Waals surface area contributed by atoms with Crippen LogP contribution in [0.4, 0.5) is 17.6 Å². The molecule has 0 aliphatic rings. The Labute approximate surface area is 161 Å². The van der Waals surface area contributed by atoms with Gasteiger partial charge in [0, 0.05) is 37.7 Å². The molecule has 1 amide bonds. The number of hydrogen-bond donors (Lipinski definition) is 4. The average molecular weight is 386 g/mol. The summed E-state index contributed by atoms with van der Waals surface area (Å²) in [6.45, 7) is 1.03. The highest BCUT2D eigenvalue weighted by Gasteiger charge is 2.08. The average Bonchev–Trinajstić information content (AvgIpc) is 3.29. The number of anilines is 3. The number of carbonyl (C=O) groups excluding carboxylic acids is 1. The SMILES string of the molecule is COCCCc1cc(Nc2ccnc(NCc3cc(CC(N)=O)no3)n2)n[nH]1. The molecule has 0 saturated carbocycles. The number of nitrogens with zero attached hydrogens (tertiary/aromatic N) is 4. The monoisotopic (exact) mass is 386 g/mol. The summed E-state index contributed by atoms with van der Waals surface area (Å²) >= 11 is 0. The van der Waals surface area contributed by atoms with Gasteiger partial charge in [0.2, 0.25) is 11.9 Å². The maximum atomic E-state index is 10.9. The van der Waals surface area contributed by atoms with Gasteiger partial charge in [-0.05, 0) is 18.9 Å². The minimum Gasteiger partial charge on any atom is -0.385 e. The van der Waals surface area contributed by atoms with Crippen LogP contribution < -0.4 is 16.4 Å². The molecule has 3 heterocycles. The number of aromatic nitrogens is 5. The number of aryl methyl sites for hydroxylation is 1. The molecule has 0 saturated heterocycles. The van der Waals surface area contributed by atoms with E-state index in [0.717, 1.165) is 18.5 Å². The zero-order chi connectivity index (χ0) is 19.8. The van der Waals surface area contributed by atoms with E-state index >= 15 is 0 Å². The smallest absolute Gasteiger partial charge is 0.224 e. The Morgan fingerprint density at radius 1 is 1.36 bits per heavy atom. The number of carbonyl (C=O) groups is 1. The van der Waals surface area contributed by atoms with Crippen LogP contribution in [0.5, 0.6) is 0 Å². The number of hydrogen-bond acceptors (Lipinski definition) is 9. The molecule has 3 rings (SSSR count). The zero-order valence-electron chi connectivity index (χ0n) is 15.4. The summed E-state index contributed by atoms with van der Waals surface area (Å²) in [7, 11) is 1.68. The van der Waals surface area contributed by atoms with Gasteiger partial charge in [-0.3, -0.25) is 9.89 Å². The number of rotatable bonds is 11. The summed E-state index contributed by atoms with van der Waals surface area (Å²) in [6, 6.07) is 5.33. The Bertz CT molecular complexity index is 907. The maximum absolute atomic E-state index is 10.9. The molecule has 0 aliphatic carbocycles. The zero-order valence-corrected chi connectivity index (χ0v) is 15.4. The summed E-state index contributed by atoms with van der Waals surface area (Å²) in [6.07, 6.45) is 3.44. The summed E-state index contributed by atoms with van der Waals surface area (Å²) in [4.78, 5) is 19.4. The molecule has 0 bridgehead atoms. The quantitative estimate of drug-likeness (QED) is 0.355. The number of nitrogens with two attached hydrogens (primary N) is 1. The van der Waals surface area contributed by atoms with Crippen LogP contribution in [0.3, 0.4) is 0 Å². The van der Waals surface area contributed by atoms with Gasteiger partial charge < -0.3 is 25.6 Å². The lowest BCUT2D eigenvalue weighted by Crippen LogP contribution is -2.13. The van der Waals surface area contributed by atoms with Crippen LogP contribution in [0.2, 0.25) is 0 Å². The Morgan fingerprint density at radius 3 is 3.07 bits per heavy atom. The molecule has 0 aromatic carbocycles. The van der Waals surface area contributed by atoms with Crippen molar-refractivity contribution in [3.05, 3.63) is 41.5 Å². The van der Waals surface area contributed by atoms with E-state index in [2.05, 4.69) is 36.0 Å². The molecule has 0 fully saturated rings. The van der Waals surface area contributed by atoms with E-state index in [4.69, 9.17) is 15.0 Å². The summed E-state index contributed by atoms with van der Waals surface area (Å²) in [5.41, 5.74) is 6.64. The number of primary amides is 1. The lowest BCUT2D eigenvalue weighted by molar-refractivity contribution is -0.117. The van der Waals surface area contributed by atoms with Crippen LogP contribution in [-0.2, 0) is 28.9 Å². The number of ether oxygens (including phenoxy) is 1. The Hall–Kier alpha value is -3.47. The Balaban J connectivity index is 1.54. The fraction of sp³-hybridized carbons (Fsp3) is 0.353. The van der Waals surface area contributed by atoms with Gasteiger partial charge in [-0.2, -0.15) is 10.1 Å². The van der Waals surface area contributed by atoms with Gasteiger partial charge in [-0.25, -0.2) is 4.98 Å². The lowest BCUT2D eigenvalue weighted by Gasteiger charge is -2.05. The number of amides is 1. The number of aromatic amines is 1. The lowest BCUT2D eigenvalue weighted by atomic mass is 10.2. The van der Waals surface area contributed by atoms with Gasteiger partial charge in [0.05, 0.1) is 18.7 Å². The Kier molecular flexibility index (Phi) is 6.52. The fourth-order valence-corrected chi connectivity index (χ4v) is 2.47. The normalized spacial score (nSPS) is 10.8. The third kappa shape index (κ3) is 5.77. The minimum atomic E-state index is -0.463. The van der Waals surface area contributed by atoms with Crippen LogP contribution in [0.15, 0.2) is 28.9 Å². The van der Waals surface area contributed by atoms with Crippen LogP contribution in [0.1, 0.15) is 23.6 Å². The van der Waals surface area contributed by atoms with E-state index in [0.29, 0.717) is 42.2 Å². The predicted octanol–water partition coefficient (Wildman–Crippen LogP) is 1.15. The van der Waals surface area contributed by atoms with Crippen molar-refractivity contribution in [2.45, 2.75) is 25.8 Å². The predicted molar refractivity (Wildman–Crippen MR) is 101 cm³/mol. The fourth-order valence-electron chi connectivity index (χ4n) is 2.47. The van der Waals surface area contributed by atoms with Crippen molar-refractivity contribution in [2.75, 3.05) is 24.4 Å². The largest absolute Gasteiger partial charge is 0.385 e. The first-order valence-electron chi connectivity index (χ1n) is 8.72. The van der Waals surface area contributed by atoms with Crippen molar-refractivity contribution in [1.82, 2.24) is 25.3 Å². The van der Waals surface area contributed by atoms with Gasteiger partial charge in [-0.15, -0.1) is 0 Å². The van der Waals surface area contributed by atoms with E-state index in [1.54, 1.807) is 25.4 Å². The summed E-state index contributed by atoms with van der Waals surface area (Å²) < 4.78 is 10.2. The summed E-state index contributed by atoms with van der Waals surface area (Å²) in [5.74, 6) is 1.76. The molecule has 0 unspecified atom stereocenters. The third-order valence-electron chi connectivity index (χ3n) is 3.72. The topological polar surface area (TPSA) is 157 Å². The van der Waals surface area contributed by atoms with Crippen molar-refractivity contribution in [3.8, 4) is 0 Å². The minimum absolute atomic E-state index is 0.0382. The number of nitrogens with one attached hydrogen (secondary N) is 3. The molecule has 3 aromatic rings. The highest BCUT2D eigenvalue weighted by Crippen LogP contribution is 2.15. The first kappa shape index (κ1) is 19.3. The number of methoxy groups -OCH3 is 1. The van der Waals surface area contributed by atoms with Crippen LogP contribution >= 0.6 is 0 Å². The first-order valence-corrected chi connectivity index (χ1v) is 8.72. The molecule has 11 nitrogen and oxygen atoms in total. The number of H-pyrrole nitrogens is 1. The van der Waals surface area contributed by atoms with Crippen LogP contribution in [0.25, 0.3) is 0 Å². The second-order valence-electron chi connectivity index (χ2n) is 6.05. The van der Waals surface area contributed by atoms with Gasteiger partial charge in [0.1, 0.15) is 5.82 Å². The molecule has 28 heavy (non-hydrogen) atoms. The standard InChI is InChI=1S/C17H22N8O3/c1-27-6-2-3-11-9-16(24-23-11)21-15-4-5-19-17(22-15)20-10-13-7-12(25-28-13)8-14(18)26/h4-5,7,9H,2-3,6,8,10H2,1H3,(H2,18,26)(H3,19,20,21,22,23,24). The molecular formula is C17H22N8O3. The molecule has 0 aliphatic heterocycles. The molecule has 0 spiro atoms. The van der Waals surface area contributed by atoms with E-state index in [1.807, 2.05) is 6.07 Å². The van der Waals surface area contributed by atoms with Crippen molar-refractivity contribution in [3.63, 3.8) is 0 Å². The van der Waals surface area contributed by atoms with Gasteiger partial charge >= 0.3 is 0 Å². The van der Waals surface area contributed by atoms with Crippen molar-refractivity contribution >= 4 is 23.5 Å². The van der Waals surface area contributed by atoms with E-state index in [-0.39, 0.29) is 6.42 Å². The van der Waals surface area contributed by atoms with Gasteiger partial charge in [0.15, 0.2) is 11.6 Å². The molecule has 0 radical (unpaired) electrons. The second kappa shape index (κ2) is 9.46. The van der Waals surface area contributed by atoms with Crippen molar-refractivity contribution in [1.29, 1.82) is 0 Å². The maximum Gasteiger partial charge on any atom is 0.224 e. The van der Waals surface area contributed by atoms with Crippen LogP contribution in [-0.4, -0.2) is 44.9 Å². The highest BCUT2D eigenvalue weighted by molar-refractivity contribution is 5.76. The van der Waals surface area contributed by atoms with E-state index in [1.165, 1.54) is 0 Å². The van der Waals surface area contributed by atoms with Gasteiger partial charge in [0.25, 0.3) is 0 Å². The molecule has 5 N–H and O–H groups in total. The third-order valence-corrected chi connectivity index (χ3v) is 3.72. The molecule has 148 valence electrons. The molecule has 0 atom stereocenters. The Morgan fingerprint density at radius 2 is 2.25 bits per heavy atom. The van der Waals surface area contributed by atoms with Crippen LogP contribution in [0, 0.1) is 0 Å². The molecule has 3 aromatic heterocycles. The molecular weight excluding hydrogens is 364 g/mol. The van der Waals surface area contributed by atoms with Crippen molar-refractivity contribution < 1.29 is 14.1 Å². The van der Waals surface area contributed by atoms with Crippen molar-refractivity contribution in [2.24, 2.45) is 5.73 Å². The van der Waals surface area contributed by atoms with E-state index < -0.39 is 5.91 Å².